The van der Waals surface area contributed by atoms with Gasteiger partial charge in [-0.25, -0.2) is 4.68 Å². The molecule has 0 saturated heterocycles. The van der Waals surface area contributed by atoms with Gasteiger partial charge in [0.15, 0.2) is 5.82 Å². The Kier molecular flexibility index (Phi) is 8.80. The van der Waals surface area contributed by atoms with Crippen molar-refractivity contribution in [3.8, 4) is 28.8 Å². The number of amides is 1. The number of ether oxygens (including phenoxy) is 2. The molecule has 0 radical (unpaired) electrons. The monoisotopic (exact) mass is 626 g/mol. The highest BCUT2D eigenvalue weighted by Gasteiger charge is 2.31. The Bertz CT molecular complexity index is 1770. The van der Waals surface area contributed by atoms with Crippen LogP contribution >= 0.6 is 0 Å². The maximum atomic E-state index is 13.2. The van der Waals surface area contributed by atoms with E-state index < -0.39 is 29.4 Å². The van der Waals surface area contributed by atoms with Crippen LogP contribution in [0, 0.1) is 0 Å². The number of carbonyl (C=O) groups excluding carboxylic acids is 1. The second kappa shape index (κ2) is 12.7. The Labute approximate surface area is 253 Å². The number of benzene rings is 4. The molecule has 45 heavy (non-hydrogen) atoms. The number of hydrogen-bond donors (Lipinski definition) is 1. The molecule has 4 aromatic carbocycles. The van der Waals surface area contributed by atoms with Crippen LogP contribution in [0.2, 0.25) is 0 Å². The fourth-order valence-electron chi connectivity index (χ4n) is 4.31. The summed E-state index contributed by atoms with van der Waals surface area (Å²) in [7, 11) is 1.57. The Morgan fingerprint density at radius 2 is 1.44 bits per heavy atom. The van der Waals surface area contributed by atoms with E-state index in [0.717, 1.165) is 42.0 Å². The van der Waals surface area contributed by atoms with E-state index in [0.29, 0.717) is 23.4 Å². The third kappa shape index (κ3) is 7.61. The minimum atomic E-state index is -4.54. The van der Waals surface area contributed by atoms with Gasteiger partial charge in [-0.15, -0.1) is 5.10 Å². The van der Waals surface area contributed by atoms with Crippen LogP contribution in [-0.4, -0.2) is 34.4 Å². The van der Waals surface area contributed by atoms with Crippen molar-refractivity contribution in [2.45, 2.75) is 18.8 Å². The Balaban J connectivity index is 1.40. The van der Waals surface area contributed by atoms with E-state index in [2.05, 4.69) is 15.4 Å². The first-order chi connectivity index (χ1) is 21.4. The standard InChI is InChI=1S/C32H24F6N4O3/c1-44-27-15-5-20(6-16-27)17-18-45-30-40-28(21-7-11-23(12-8-21)31(33,34)35)42(41-30)26-4-2-3-25(19-26)39-29(43)22-9-13-24(14-10-22)32(36,37)38/h2-16,19H,17-18H2,1H3,(H,39,43). The molecular formula is C32H24F6N4O3. The molecule has 13 heteroatoms. The maximum absolute atomic E-state index is 13.2. The highest BCUT2D eigenvalue weighted by atomic mass is 19.4. The Hall–Kier alpha value is -5.33. The smallest absolute Gasteiger partial charge is 0.416 e. The summed E-state index contributed by atoms with van der Waals surface area (Å²) in [6.07, 6.45) is -8.55. The van der Waals surface area contributed by atoms with Crippen molar-refractivity contribution in [2.24, 2.45) is 0 Å². The van der Waals surface area contributed by atoms with E-state index >= 15 is 0 Å². The topological polar surface area (TPSA) is 78.3 Å². The predicted molar refractivity (Wildman–Crippen MR) is 153 cm³/mol. The minimum absolute atomic E-state index is 0.00662. The Morgan fingerprint density at radius 3 is 2.04 bits per heavy atom. The molecule has 0 fully saturated rings. The summed E-state index contributed by atoms with van der Waals surface area (Å²) in [5.41, 5.74) is 0.244. The molecule has 0 aliphatic rings. The van der Waals surface area contributed by atoms with Crippen LogP contribution in [0.3, 0.4) is 0 Å². The number of aromatic nitrogens is 3. The van der Waals surface area contributed by atoms with Crippen LogP contribution in [0.4, 0.5) is 32.0 Å². The van der Waals surface area contributed by atoms with Crippen molar-refractivity contribution in [1.29, 1.82) is 0 Å². The van der Waals surface area contributed by atoms with Gasteiger partial charge in [-0.1, -0.05) is 30.3 Å². The fraction of sp³-hybridized carbons (Fsp3) is 0.156. The second-order valence-corrected chi connectivity index (χ2v) is 9.73. The van der Waals surface area contributed by atoms with Gasteiger partial charge in [0.1, 0.15) is 5.75 Å². The first-order valence-electron chi connectivity index (χ1n) is 13.4. The van der Waals surface area contributed by atoms with Gasteiger partial charge >= 0.3 is 18.4 Å². The number of nitrogens with one attached hydrogen (secondary N) is 1. The lowest BCUT2D eigenvalue weighted by atomic mass is 10.1. The third-order valence-electron chi connectivity index (χ3n) is 6.66. The van der Waals surface area contributed by atoms with E-state index in [1.54, 1.807) is 25.3 Å². The first-order valence-corrected chi connectivity index (χ1v) is 13.4. The number of rotatable bonds is 9. The van der Waals surface area contributed by atoms with Crippen LogP contribution in [0.1, 0.15) is 27.0 Å². The van der Waals surface area contributed by atoms with E-state index in [1.165, 1.54) is 22.9 Å². The molecule has 5 rings (SSSR count). The number of alkyl halides is 6. The molecule has 5 aromatic rings. The number of hydrogen-bond acceptors (Lipinski definition) is 5. The van der Waals surface area contributed by atoms with Gasteiger partial charge in [-0.2, -0.15) is 31.3 Å². The summed E-state index contributed by atoms with van der Waals surface area (Å²) >= 11 is 0. The number of methoxy groups -OCH3 is 1. The largest absolute Gasteiger partial charge is 0.497 e. The molecule has 0 aliphatic heterocycles. The maximum Gasteiger partial charge on any atom is 0.416 e. The minimum Gasteiger partial charge on any atom is -0.497 e. The molecule has 1 heterocycles. The van der Waals surface area contributed by atoms with Crippen molar-refractivity contribution in [2.75, 3.05) is 19.0 Å². The van der Waals surface area contributed by atoms with Gasteiger partial charge in [0.2, 0.25) is 0 Å². The fourth-order valence-corrected chi connectivity index (χ4v) is 4.31. The molecule has 1 aromatic heterocycles. The van der Waals surface area contributed by atoms with Crippen LogP contribution < -0.4 is 14.8 Å². The summed E-state index contributed by atoms with van der Waals surface area (Å²) in [6, 6.07) is 21.8. The van der Waals surface area contributed by atoms with E-state index in [4.69, 9.17) is 9.47 Å². The molecule has 1 amide bonds. The molecular weight excluding hydrogens is 602 g/mol. The van der Waals surface area contributed by atoms with Crippen LogP contribution in [-0.2, 0) is 18.8 Å². The van der Waals surface area contributed by atoms with E-state index in [9.17, 15) is 31.1 Å². The second-order valence-electron chi connectivity index (χ2n) is 9.73. The van der Waals surface area contributed by atoms with Gasteiger partial charge in [0, 0.05) is 23.2 Å². The predicted octanol–water partition coefficient (Wildman–Crippen LogP) is 7.85. The molecule has 7 nitrogen and oxygen atoms in total. The van der Waals surface area contributed by atoms with E-state index in [-0.39, 0.29) is 29.7 Å². The summed E-state index contributed by atoms with van der Waals surface area (Å²) < 4.78 is 90.6. The van der Waals surface area contributed by atoms with Crippen LogP contribution in [0.25, 0.3) is 17.1 Å². The molecule has 0 aliphatic carbocycles. The Morgan fingerprint density at radius 1 is 0.822 bits per heavy atom. The molecule has 0 saturated carbocycles. The average molecular weight is 627 g/mol. The quantitative estimate of drug-likeness (QED) is 0.169. The SMILES string of the molecule is COc1ccc(CCOc2nc(-c3ccc(C(F)(F)F)cc3)n(-c3cccc(NC(=O)c4ccc(C(F)(F)F)cc4)c3)n2)cc1. The van der Waals surface area contributed by atoms with Gasteiger partial charge in [-0.3, -0.25) is 4.79 Å². The average Bonchev–Trinajstić information content (AvgIpc) is 3.45. The first kappa shape index (κ1) is 31.1. The number of nitrogens with zero attached hydrogens (tertiary/aromatic N) is 3. The zero-order valence-corrected chi connectivity index (χ0v) is 23.5. The van der Waals surface area contributed by atoms with Crippen molar-refractivity contribution >= 4 is 11.6 Å². The summed E-state index contributed by atoms with van der Waals surface area (Å²) in [4.78, 5) is 17.2. The highest BCUT2D eigenvalue weighted by Crippen LogP contribution is 2.32. The molecule has 0 unspecified atom stereocenters. The van der Waals surface area contributed by atoms with Gasteiger partial charge in [0.05, 0.1) is 30.5 Å². The summed E-state index contributed by atoms with van der Waals surface area (Å²) in [6.45, 7) is 0.200. The number of halogens is 6. The van der Waals surface area contributed by atoms with Gasteiger partial charge in [-0.05, 0) is 72.3 Å². The van der Waals surface area contributed by atoms with Crippen LogP contribution in [0.15, 0.2) is 97.1 Å². The molecule has 0 bridgehead atoms. The lowest BCUT2D eigenvalue weighted by Crippen LogP contribution is -2.13. The zero-order valence-electron chi connectivity index (χ0n) is 23.5. The van der Waals surface area contributed by atoms with Crippen molar-refractivity contribution in [3.05, 3.63) is 119 Å². The van der Waals surface area contributed by atoms with Gasteiger partial charge in [0.25, 0.3) is 5.91 Å². The number of anilines is 1. The third-order valence-corrected chi connectivity index (χ3v) is 6.66. The molecule has 0 atom stereocenters. The molecule has 232 valence electrons. The normalized spacial score (nSPS) is 11.7. The lowest BCUT2D eigenvalue weighted by molar-refractivity contribution is -0.138. The van der Waals surface area contributed by atoms with Crippen molar-refractivity contribution < 1.29 is 40.6 Å². The van der Waals surface area contributed by atoms with Crippen molar-refractivity contribution in [1.82, 2.24) is 14.8 Å². The zero-order chi connectivity index (χ0) is 32.2. The summed E-state index contributed by atoms with van der Waals surface area (Å²) in [5, 5.41) is 7.05. The summed E-state index contributed by atoms with van der Waals surface area (Å²) in [5.74, 6) is 0.235. The van der Waals surface area contributed by atoms with Gasteiger partial charge < -0.3 is 14.8 Å². The molecule has 1 N–H and O–H groups in total. The van der Waals surface area contributed by atoms with Crippen molar-refractivity contribution in [3.63, 3.8) is 0 Å². The molecule has 0 spiro atoms. The van der Waals surface area contributed by atoms with Crippen LogP contribution in [0.5, 0.6) is 11.8 Å². The lowest BCUT2D eigenvalue weighted by Gasteiger charge is -2.11. The highest BCUT2D eigenvalue weighted by molar-refractivity contribution is 6.04. The van der Waals surface area contributed by atoms with E-state index in [1.807, 2.05) is 24.3 Å². The number of carbonyl (C=O) groups is 1.